The summed E-state index contributed by atoms with van der Waals surface area (Å²) in [7, 11) is 0. The highest BCUT2D eigenvalue weighted by Gasteiger charge is 2.35. The normalized spacial score (nSPS) is 16.0. The molecule has 0 unspecified atom stereocenters. The molecule has 320 valence electrons. The molecule has 0 fully saturated rings. The zero-order valence-electron chi connectivity index (χ0n) is 34.2. The molecule has 0 heterocycles. The fraction of sp³-hybridized carbons (Fsp3) is 0.750. The van der Waals surface area contributed by atoms with E-state index < -0.39 is 126 Å². The van der Waals surface area contributed by atoms with Crippen molar-refractivity contribution in [2.45, 2.75) is 131 Å². The molecular formula is C36H65N9O11. The molecule has 0 radical (unpaired) electrons. The van der Waals surface area contributed by atoms with Crippen molar-refractivity contribution in [3.05, 3.63) is 0 Å². The Balaban J connectivity index is 5.77. The lowest BCUT2D eigenvalue weighted by atomic mass is 9.96. The Morgan fingerprint density at radius 3 is 1.39 bits per heavy atom. The molecule has 0 aliphatic heterocycles. The Hall–Kier alpha value is -4.85. The molecule has 0 aromatic heterocycles. The van der Waals surface area contributed by atoms with Gasteiger partial charge in [-0.1, -0.05) is 68.2 Å². The molecule has 0 aromatic rings. The van der Waals surface area contributed by atoms with Gasteiger partial charge in [-0.2, -0.15) is 0 Å². The van der Waals surface area contributed by atoms with Gasteiger partial charge in [0.25, 0.3) is 0 Å². The molecule has 0 rings (SSSR count). The maximum Gasteiger partial charge on any atom is 0.326 e. The van der Waals surface area contributed by atoms with Crippen LogP contribution in [0.1, 0.15) is 88.5 Å². The van der Waals surface area contributed by atoms with Crippen molar-refractivity contribution in [3.8, 4) is 0 Å². The molecule has 20 heteroatoms. The molecule has 0 aromatic carbocycles. The Bertz CT molecular complexity index is 1380. The van der Waals surface area contributed by atoms with Gasteiger partial charge in [-0.3, -0.25) is 38.4 Å². The lowest BCUT2D eigenvalue weighted by Crippen LogP contribution is -2.61. The molecule has 0 aliphatic rings. The van der Waals surface area contributed by atoms with Gasteiger partial charge in [0.2, 0.25) is 47.3 Å². The first-order valence-corrected chi connectivity index (χ1v) is 19.0. The summed E-state index contributed by atoms with van der Waals surface area (Å²) in [6, 6.07) is -7.29. The number of rotatable bonds is 25. The van der Waals surface area contributed by atoms with Crippen LogP contribution < -0.4 is 48.3 Å². The highest BCUT2D eigenvalue weighted by Crippen LogP contribution is 2.12. The summed E-state index contributed by atoms with van der Waals surface area (Å²) < 4.78 is 0. The Morgan fingerprint density at radius 1 is 0.536 bits per heavy atom. The standard InChI is InChI=1S/C36H65N9O11/c1-11-19(7)28(42-25(48)15-38-31(50)21(9)40-24(47)14-37)33(52)39-16-26(49)43-29(20(8)12-2)34(53)41-23(13-17(3)4)32(51)45-30(22(10)46)35(54)44-27(18(5)6)36(55)56/h17-23,27-30,46H,11-16,37H2,1-10H3,(H,38,50)(H,39,52)(H,40,47)(H,41,53)(H,42,48)(H,43,49)(H,44,54)(H,45,51)(H,55,56)/t19-,20-,21-,22+,23-,27-,28-,29-,30-/m0/s1. The number of hydrogen-bond acceptors (Lipinski definition) is 11. The number of nitrogens with two attached hydrogens (primary N) is 1. The molecular weight excluding hydrogens is 734 g/mol. The molecule has 0 spiro atoms. The second-order valence-electron chi connectivity index (χ2n) is 14.8. The molecule has 0 saturated heterocycles. The SMILES string of the molecule is CC[C@H](C)[C@H](NC(=O)CNC(=O)[C@H](C)NC(=O)CN)C(=O)NCC(=O)N[C@H](C(=O)N[C@@H](CC(C)C)C(=O)N[C@H](C(=O)N[C@H](C(=O)O)C(C)C)[C@@H](C)O)[C@@H](C)CC. The predicted molar refractivity (Wildman–Crippen MR) is 205 cm³/mol. The Labute approximate surface area is 328 Å². The second-order valence-corrected chi connectivity index (χ2v) is 14.8. The zero-order chi connectivity index (χ0) is 43.4. The summed E-state index contributed by atoms with van der Waals surface area (Å²) in [4.78, 5) is 114. The van der Waals surface area contributed by atoms with Crippen molar-refractivity contribution in [2.75, 3.05) is 19.6 Å². The number of aliphatic hydroxyl groups is 1. The van der Waals surface area contributed by atoms with Gasteiger partial charge in [0.1, 0.15) is 36.3 Å². The third kappa shape index (κ3) is 18.2. The van der Waals surface area contributed by atoms with Crippen LogP contribution in [0.3, 0.4) is 0 Å². The molecule has 9 atom stereocenters. The van der Waals surface area contributed by atoms with E-state index in [9.17, 15) is 53.4 Å². The van der Waals surface area contributed by atoms with Gasteiger partial charge in [-0.15, -0.1) is 0 Å². The Kier molecular flexibility index (Phi) is 23.1. The van der Waals surface area contributed by atoms with Crippen molar-refractivity contribution < 1.29 is 53.4 Å². The van der Waals surface area contributed by atoms with Crippen LogP contribution in [0, 0.1) is 23.7 Å². The summed E-state index contributed by atoms with van der Waals surface area (Å²) in [6.07, 6.45) is -0.446. The van der Waals surface area contributed by atoms with E-state index in [1.807, 2.05) is 0 Å². The van der Waals surface area contributed by atoms with Gasteiger partial charge in [0.15, 0.2) is 0 Å². The third-order valence-corrected chi connectivity index (χ3v) is 9.06. The topological polar surface area (TPSA) is 316 Å². The minimum absolute atomic E-state index is 0.100. The van der Waals surface area contributed by atoms with Crippen LogP contribution in [0.5, 0.6) is 0 Å². The van der Waals surface area contributed by atoms with Gasteiger partial charge in [0, 0.05) is 0 Å². The first kappa shape index (κ1) is 51.1. The summed E-state index contributed by atoms with van der Waals surface area (Å²) >= 11 is 0. The number of aliphatic carboxylic acids is 1. The number of hydrogen-bond donors (Lipinski definition) is 11. The van der Waals surface area contributed by atoms with E-state index in [1.54, 1.807) is 55.4 Å². The largest absolute Gasteiger partial charge is 0.480 e. The van der Waals surface area contributed by atoms with E-state index in [0.717, 1.165) is 0 Å². The van der Waals surface area contributed by atoms with Crippen molar-refractivity contribution in [1.29, 1.82) is 0 Å². The molecule has 56 heavy (non-hydrogen) atoms. The van der Waals surface area contributed by atoms with Crippen LogP contribution in [-0.2, 0) is 43.2 Å². The van der Waals surface area contributed by atoms with Crippen LogP contribution in [0.25, 0.3) is 0 Å². The number of carboxylic acid groups (broad SMARTS) is 1. The van der Waals surface area contributed by atoms with E-state index in [2.05, 4.69) is 42.5 Å². The van der Waals surface area contributed by atoms with Gasteiger partial charge >= 0.3 is 5.97 Å². The molecule has 0 aliphatic carbocycles. The first-order valence-electron chi connectivity index (χ1n) is 19.0. The molecule has 0 saturated carbocycles. The lowest BCUT2D eigenvalue weighted by molar-refractivity contribution is -0.144. The molecule has 12 N–H and O–H groups in total. The maximum absolute atomic E-state index is 13.6. The van der Waals surface area contributed by atoms with E-state index in [-0.39, 0.29) is 18.9 Å². The third-order valence-electron chi connectivity index (χ3n) is 9.06. The average Bonchev–Trinajstić information content (AvgIpc) is 3.12. The van der Waals surface area contributed by atoms with Crippen LogP contribution in [-0.4, -0.2) is 125 Å². The zero-order valence-corrected chi connectivity index (χ0v) is 34.2. The fourth-order valence-electron chi connectivity index (χ4n) is 5.20. The number of carbonyl (C=O) groups is 9. The summed E-state index contributed by atoms with van der Waals surface area (Å²) in [5, 5.41) is 39.5. The summed E-state index contributed by atoms with van der Waals surface area (Å²) in [5.41, 5.74) is 5.23. The van der Waals surface area contributed by atoms with Gasteiger partial charge < -0.3 is 58.5 Å². The lowest BCUT2D eigenvalue weighted by Gasteiger charge is -2.29. The number of carbonyl (C=O) groups excluding carboxylic acids is 8. The molecule has 8 amide bonds. The first-order chi connectivity index (χ1) is 26.0. The van der Waals surface area contributed by atoms with Crippen LogP contribution in [0.15, 0.2) is 0 Å². The van der Waals surface area contributed by atoms with Crippen molar-refractivity contribution >= 4 is 53.2 Å². The Morgan fingerprint density at radius 2 is 0.982 bits per heavy atom. The molecule has 0 bridgehead atoms. The average molecular weight is 800 g/mol. The highest BCUT2D eigenvalue weighted by molar-refractivity contribution is 5.97. The number of carboxylic acids is 1. The van der Waals surface area contributed by atoms with Crippen LogP contribution in [0.4, 0.5) is 0 Å². The van der Waals surface area contributed by atoms with Crippen molar-refractivity contribution in [1.82, 2.24) is 42.5 Å². The summed E-state index contributed by atoms with van der Waals surface area (Å²) in [5.74, 6) is -8.62. The minimum atomic E-state index is -1.55. The van der Waals surface area contributed by atoms with Gasteiger partial charge in [-0.25, -0.2) is 4.79 Å². The van der Waals surface area contributed by atoms with Crippen LogP contribution in [0.2, 0.25) is 0 Å². The van der Waals surface area contributed by atoms with E-state index in [4.69, 9.17) is 5.73 Å². The fourth-order valence-corrected chi connectivity index (χ4v) is 5.20. The van der Waals surface area contributed by atoms with Gasteiger partial charge in [0.05, 0.1) is 25.7 Å². The van der Waals surface area contributed by atoms with Crippen molar-refractivity contribution in [3.63, 3.8) is 0 Å². The van der Waals surface area contributed by atoms with Crippen LogP contribution >= 0.6 is 0 Å². The van der Waals surface area contributed by atoms with Gasteiger partial charge in [-0.05, 0) is 43.9 Å². The van der Waals surface area contributed by atoms with E-state index >= 15 is 0 Å². The predicted octanol–water partition coefficient (Wildman–Crippen LogP) is -2.63. The van der Waals surface area contributed by atoms with E-state index in [0.29, 0.717) is 12.8 Å². The number of amides is 8. The monoisotopic (exact) mass is 799 g/mol. The highest BCUT2D eigenvalue weighted by atomic mass is 16.4. The molecule has 20 nitrogen and oxygen atoms in total. The maximum atomic E-state index is 13.6. The summed E-state index contributed by atoms with van der Waals surface area (Å²) in [6.45, 7) is 15.0. The minimum Gasteiger partial charge on any atom is -0.480 e. The van der Waals surface area contributed by atoms with E-state index in [1.165, 1.54) is 13.8 Å². The van der Waals surface area contributed by atoms with Crippen molar-refractivity contribution in [2.24, 2.45) is 29.4 Å². The number of nitrogens with one attached hydrogen (secondary N) is 8. The quantitative estimate of drug-likeness (QED) is 0.0452. The second kappa shape index (κ2) is 25.3. The number of aliphatic hydroxyl groups excluding tert-OH is 1. The smallest absolute Gasteiger partial charge is 0.326 e.